The second kappa shape index (κ2) is 9.51. The zero-order valence-corrected chi connectivity index (χ0v) is 17.6. The van der Waals surface area contributed by atoms with Crippen molar-refractivity contribution in [2.45, 2.75) is 32.2 Å². The van der Waals surface area contributed by atoms with E-state index in [2.05, 4.69) is 29.0 Å². The van der Waals surface area contributed by atoms with Crippen LogP contribution < -0.4 is 4.90 Å². The van der Waals surface area contributed by atoms with Gasteiger partial charge < -0.3 is 9.80 Å². The first-order valence-corrected chi connectivity index (χ1v) is 10.7. The van der Waals surface area contributed by atoms with Gasteiger partial charge in [0.15, 0.2) is 0 Å². The molecule has 6 heteroatoms. The van der Waals surface area contributed by atoms with Gasteiger partial charge in [-0.3, -0.25) is 14.6 Å². The van der Waals surface area contributed by atoms with Crippen LogP contribution in [0.2, 0.25) is 0 Å². The molecule has 0 aliphatic carbocycles. The summed E-state index contributed by atoms with van der Waals surface area (Å²) in [4.78, 5) is 37.8. The third kappa shape index (κ3) is 4.63. The second-order valence-electron chi connectivity index (χ2n) is 7.74. The lowest BCUT2D eigenvalue weighted by Gasteiger charge is -2.41. The molecule has 1 unspecified atom stereocenters. The van der Waals surface area contributed by atoms with E-state index in [1.807, 2.05) is 47.4 Å². The van der Waals surface area contributed by atoms with Crippen LogP contribution in [0.5, 0.6) is 0 Å². The number of piperazine rings is 1. The number of carbonyl (C=O) groups is 2. The fraction of sp³-hybridized carbons (Fsp3) is 0.280. The minimum absolute atomic E-state index is 0.0410. The quantitative estimate of drug-likeness (QED) is 0.607. The summed E-state index contributed by atoms with van der Waals surface area (Å²) in [5.74, 6) is -0.324. The standard InChI is InChI=1S/C25H26N4O2/c1-2-3-11-22-17-28(21-12-7-10-20(15-21)19-8-5-4-6-9-19)24(30)18-29(22)25(31)23-16-26-13-14-27-23/h4-10,12-16,22H,2-3,11,17-18H2,1H3. The zero-order chi connectivity index (χ0) is 21.6. The van der Waals surface area contributed by atoms with Gasteiger partial charge in [-0.2, -0.15) is 0 Å². The van der Waals surface area contributed by atoms with Gasteiger partial charge in [0.05, 0.1) is 12.2 Å². The fourth-order valence-corrected chi connectivity index (χ4v) is 3.99. The van der Waals surface area contributed by atoms with Crippen LogP contribution >= 0.6 is 0 Å². The molecule has 158 valence electrons. The molecular weight excluding hydrogens is 388 g/mol. The lowest BCUT2D eigenvalue weighted by molar-refractivity contribution is -0.121. The molecule has 2 heterocycles. The van der Waals surface area contributed by atoms with Gasteiger partial charge in [0, 0.05) is 24.6 Å². The predicted octanol–water partition coefficient (Wildman–Crippen LogP) is 4.19. The van der Waals surface area contributed by atoms with Crippen molar-refractivity contribution in [3.8, 4) is 11.1 Å². The van der Waals surface area contributed by atoms with Crippen LogP contribution in [-0.2, 0) is 4.79 Å². The number of rotatable bonds is 6. The summed E-state index contributed by atoms with van der Waals surface area (Å²) in [6, 6.07) is 18.1. The Morgan fingerprint density at radius 1 is 1.06 bits per heavy atom. The monoisotopic (exact) mass is 414 g/mol. The fourth-order valence-electron chi connectivity index (χ4n) is 3.99. The molecule has 1 aromatic heterocycles. The summed E-state index contributed by atoms with van der Waals surface area (Å²) in [5, 5.41) is 0. The normalized spacial score (nSPS) is 16.4. The molecule has 0 bridgehead atoms. The van der Waals surface area contributed by atoms with Crippen molar-refractivity contribution in [3.05, 3.63) is 78.9 Å². The van der Waals surface area contributed by atoms with Crippen molar-refractivity contribution < 1.29 is 9.59 Å². The maximum atomic E-state index is 13.1. The maximum Gasteiger partial charge on any atom is 0.274 e. The lowest BCUT2D eigenvalue weighted by Crippen LogP contribution is -2.58. The number of benzene rings is 2. The Morgan fingerprint density at radius 2 is 1.87 bits per heavy atom. The maximum absolute atomic E-state index is 13.1. The van der Waals surface area contributed by atoms with E-state index >= 15 is 0 Å². The second-order valence-corrected chi connectivity index (χ2v) is 7.74. The molecule has 4 rings (SSSR count). The van der Waals surface area contributed by atoms with Gasteiger partial charge in [0.25, 0.3) is 5.91 Å². The summed E-state index contributed by atoms with van der Waals surface area (Å²) in [6.45, 7) is 2.65. The summed E-state index contributed by atoms with van der Waals surface area (Å²) in [7, 11) is 0. The van der Waals surface area contributed by atoms with Crippen molar-refractivity contribution in [2.75, 3.05) is 18.0 Å². The van der Waals surface area contributed by atoms with Crippen LogP contribution in [-0.4, -0.2) is 45.8 Å². The molecule has 2 amide bonds. The van der Waals surface area contributed by atoms with E-state index in [4.69, 9.17) is 0 Å². The molecule has 0 radical (unpaired) electrons. The minimum atomic E-state index is -0.236. The largest absolute Gasteiger partial charge is 0.323 e. The Hall–Kier alpha value is -3.54. The zero-order valence-electron chi connectivity index (χ0n) is 17.6. The first-order valence-electron chi connectivity index (χ1n) is 10.7. The highest BCUT2D eigenvalue weighted by atomic mass is 16.2. The smallest absolute Gasteiger partial charge is 0.274 e. The molecule has 3 aromatic rings. The molecule has 0 N–H and O–H groups in total. The van der Waals surface area contributed by atoms with Crippen molar-refractivity contribution in [2.24, 2.45) is 0 Å². The van der Waals surface area contributed by atoms with Crippen LogP contribution in [0.15, 0.2) is 73.2 Å². The lowest BCUT2D eigenvalue weighted by atomic mass is 10.0. The molecule has 0 saturated carbocycles. The Morgan fingerprint density at radius 3 is 2.61 bits per heavy atom. The molecule has 6 nitrogen and oxygen atoms in total. The highest BCUT2D eigenvalue weighted by Crippen LogP contribution is 2.28. The van der Waals surface area contributed by atoms with E-state index in [-0.39, 0.29) is 30.1 Å². The Bertz CT molecular complexity index is 1040. The van der Waals surface area contributed by atoms with Gasteiger partial charge in [-0.25, -0.2) is 4.98 Å². The first kappa shape index (κ1) is 20.7. The van der Waals surface area contributed by atoms with Crippen molar-refractivity contribution in [1.82, 2.24) is 14.9 Å². The Labute approximate surface area is 182 Å². The summed E-state index contributed by atoms with van der Waals surface area (Å²) >= 11 is 0. The highest BCUT2D eigenvalue weighted by Gasteiger charge is 2.36. The van der Waals surface area contributed by atoms with Crippen LogP contribution in [0.4, 0.5) is 5.69 Å². The molecule has 1 aliphatic rings. The average Bonchev–Trinajstić information content (AvgIpc) is 2.84. The molecule has 2 aromatic carbocycles. The SMILES string of the molecule is CCCCC1CN(c2cccc(-c3ccccc3)c2)C(=O)CN1C(=O)c1cnccn1. The van der Waals surface area contributed by atoms with Gasteiger partial charge >= 0.3 is 0 Å². The van der Waals surface area contributed by atoms with Gasteiger partial charge in [-0.15, -0.1) is 0 Å². The van der Waals surface area contributed by atoms with Crippen LogP contribution in [0.25, 0.3) is 11.1 Å². The number of aromatic nitrogens is 2. The number of carbonyl (C=O) groups excluding carboxylic acids is 2. The van der Waals surface area contributed by atoms with Crippen molar-refractivity contribution >= 4 is 17.5 Å². The summed E-state index contributed by atoms with van der Waals surface area (Å²) in [6.07, 6.45) is 7.35. The highest BCUT2D eigenvalue weighted by molar-refractivity contribution is 6.01. The average molecular weight is 415 g/mol. The number of nitrogens with zero attached hydrogens (tertiary/aromatic N) is 4. The topological polar surface area (TPSA) is 66.4 Å². The molecule has 0 spiro atoms. The van der Waals surface area contributed by atoms with E-state index in [0.717, 1.165) is 36.1 Å². The third-order valence-electron chi connectivity index (χ3n) is 5.64. The van der Waals surface area contributed by atoms with Crippen molar-refractivity contribution in [3.63, 3.8) is 0 Å². The minimum Gasteiger partial charge on any atom is -0.323 e. The van der Waals surface area contributed by atoms with E-state index < -0.39 is 0 Å². The molecule has 31 heavy (non-hydrogen) atoms. The van der Waals surface area contributed by atoms with Crippen LogP contribution in [0.3, 0.4) is 0 Å². The Balaban J connectivity index is 1.60. The number of anilines is 1. The number of hydrogen-bond donors (Lipinski definition) is 0. The predicted molar refractivity (Wildman–Crippen MR) is 121 cm³/mol. The van der Waals surface area contributed by atoms with E-state index in [1.165, 1.54) is 18.6 Å². The van der Waals surface area contributed by atoms with E-state index in [1.54, 1.807) is 4.90 Å². The molecule has 1 saturated heterocycles. The Kier molecular flexibility index (Phi) is 6.36. The number of amides is 2. The third-order valence-corrected chi connectivity index (χ3v) is 5.64. The molecular formula is C25H26N4O2. The molecule has 1 aliphatic heterocycles. The van der Waals surface area contributed by atoms with Crippen molar-refractivity contribution in [1.29, 1.82) is 0 Å². The van der Waals surface area contributed by atoms with Gasteiger partial charge in [-0.05, 0) is 29.7 Å². The number of unbranched alkanes of at least 4 members (excludes halogenated alkanes) is 1. The number of hydrogen-bond acceptors (Lipinski definition) is 4. The van der Waals surface area contributed by atoms with Crippen LogP contribution in [0.1, 0.15) is 36.7 Å². The van der Waals surface area contributed by atoms with Crippen LogP contribution in [0, 0.1) is 0 Å². The first-order chi connectivity index (χ1) is 15.2. The molecule has 1 fully saturated rings. The summed E-state index contributed by atoms with van der Waals surface area (Å²) < 4.78 is 0. The molecule has 1 atom stereocenters. The van der Waals surface area contributed by atoms with Gasteiger partial charge in [-0.1, -0.05) is 62.2 Å². The van der Waals surface area contributed by atoms with Gasteiger partial charge in [0.2, 0.25) is 5.91 Å². The van der Waals surface area contributed by atoms with E-state index in [9.17, 15) is 9.59 Å². The van der Waals surface area contributed by atoms with Gasteiger partial charge in [0.1, 0.15) is 12.2 Å². The summed E-state index contributed by atoms with van der Waals surface area (Å²) in [5.41, 5.74) is 3.31. The van der Waals surface area contributed by atoms with E-state index in [0.29, 0.717) is 6.54 Å².